The van der Waals surface area contributed by atoms with Crippen molar-refractivity contribution in [2.75, 3.05) is 0 Å². The van der Waals surface area contributed by atoms with Gasteiger partial charge >= 0.3 is 0 Å². The summed E-state index contributed by atoms with van der Waals surface area (Å²) in [6.07, 6.45) is 12.1. The molecule has 0 aliphatic heterocycles. The van der Waals surface area contributed by atoms with E-state index >= 15 is 0 Å². The quantitative estimate of drug-likeness (QED) is 0.508. The Morgan fingerprint density at radius 3 is 1.77 bits per heavy atom. The Hall–Kier alpha value is 0.130. The molecule has 1 heterocycles. The van der Waals surface area contributed by atoms with E-state index in [0.29, 0.717) is 11.8 Å². The van der Waals surface area contributed by atoms with Crippen LogP contribution in [0, 0.1) is 0 Å². The van der Waals surface area contributed by atoms with Gasteiger partial charge in [-0.05, 0) is 60.2 Å². The maximum atomic E-state index is 2.66. The summed E-state index contributed by atoms with van der Waals surface area (Å²) in [4.78, 5) is 3.39. The zero-order valence-electron chi connectivity index (χ0n) is 14.9. The molecular weight excluding hydrogens is 303 g/mol. The zero-order chi connectivity index (χ0) is 15.7. The first-order valence-corrected chi connectivity index (χ1v) is 11.8. The molecular formula is C20H33PS. The van der Waals surface area contributed by atoms with Crippen LogP contribution in [0.15, 0.2) is 6.07 Å². The van der Waals surface area contributed by atoms with Crippen LogP contribution < -0.4 is 5.30 Å². The van der Waals surface area contributed by atoms with Crippen molar-refractivity contribution in [2.24, 2.45) is 0 Å². The number of rotatable bonds is 5. The lowest BCUT2D eigenvalue weighted by Gasteiger charge is -2.31. The molecule has 0 amide bonds. The van der Waals surface area contributed by atoms with Crippen LogP contribution in [0.4, 0.5) is 0 Å². The van der Waals surface area contributed by atoms with Crippen molar-refractivity contribution in [3.05, 3.63) is 15.8 Å². The highest BCUT2D eigenvalue weighted by atomic mass is 32.1. The highest BCUT2D eigenvalue weighted by molar-refractivity contribution is 7.67. The van der Waals surface area contributed by atoms with Crippen LogP contribution in [0.25, 0.3) is 0 Å². The van der Waals surface area contributed by atoms with Crippen LogP contribution in [0.2, 0.25) is 0 Å². The van der Waals surface area contributed by atoms with Crippen molar-refractivity contribution in [1.82, 2.24) is 0 Å². The van der Waals surface area contributed by atoms with Crippen LogP contribution in [0.1, 0.15) is 101 Å². The fourth-order valence-electron chi connectivity index (χ4n) is 4.37. The molecule has 3 rings (SSSR count). The molecule has 0 radical (unpaired) electrons. The van der Waals surface area contributed by atoms with E-state index in [1.54, 1.807) is 9.75 Å². The van der Waals surface area contributed by atoms with Crippen LogP contribution in [-0.4, -0.2) is 11.3 Å². The second-order valence-electron chi connectivity index (χ2n) is 7.99. The highest BCUT2D eigenvalue weighted by Crippen LogP contribution is 2.58. The largest absolute Gasteiger partial charge is 0.144 e. The van der Waals surface area contributed by atoms with Gasteiger partial charge in [0.1, 0.15) is 0 Å². The minimum absolute atomic E-state index is 0.0952. The summed E-state index contributed by atoms with van der Waals surface area (Å²) in [6, 6.07) is 2.66. The molecule has 2 saturated carbocycles. The molecule has 1 aromatic rings. The van der Waals surface area contributed by atoms with Crippen LogP contribution >= 0.6 is 19.3 Å². The third-order valence-electron chi connectivity index (χ3n) is 5.57. The molecule has 0 aromatic carbocycles. The summed E-state index contributed by atoms with van der Waals surface area (Å²) in [5.41, 5.74) is 2.09. The Morgan fingerprint density at radius 2 is 1.36 bits per heavy atom. The minimum Gasteiger partial charge on any atom is -0.144 e. The third-order valence-corrected chi connectivity index (χ3v) is 11.0. The average molecular weight is 337 g/mol. The maximum Gasteiger partial charge on any atom is 0.0151 e. The Kier molecular flexibility index (Phi) is 5.67. The first-order chi connectivity index (χ1) is 10.6. The third kappa shape index (κ3) is 3.46. The van der Waals surface area contributed by atoms with Crippen molar-refractivity contribution >= 4 is 24.6 Å². The molecule has 2 aliphatic rings. The van der Waals surface area contributed by atoms with Gasteiger partial charge in [-0.25, -0.2) is 0 Å². The monoisotopic (exact) mass is 336 g/mol. The zero-order valence-corrected chi connectivity index (χ0v) is 16.6. The number of hydrogen-bond acceptors (Lipinski definition) is 1. The van der Waals surface area contributed by atoms with E-state index in [2.05, 4.69) is 45.1 Å². The fraction of sp³-hybridized carbons (Fsp3) is 0.800. The predicted octanol–water partition coefficient (Wildman–Crippen LogP) is 6.99. The second kappa shape index (κ2) is 7.35. The van der Waals surface area contributed by atoms with Gasteiger partial charge in [0.05, 0.1) is 0 Å². The smallest absolute Gasteiger partial charge is 0.0151 e. The summed E-state index contributed by atoms with van der Waals surface area (Å²) in [5.74, 6) is 1.40. The van der Waals surface area contributed by atoms with Crippen molar-refractivity contribution in [1.29, 1.82) is 0 Å². The van der Waals surface area contributed by atoms with Crippen molar-refractivity contribution in [2.45, 2.75) is 102 Å². The topological polar surface area (TPSA) is 0 Å². The van der Waals surface area contributed by atoms with Gasteiger partial charge in [0.15, 0.2) is 0 Å². The lowest BCUT2D eigenvalue weighted by molar-refractivity contribution is 0.832. The van der Waals surface area contributed by atoms with Crippen LogP contribution in [0.5, 0.6) is 0 Å². The molecule has 0 saturated heterocycles. The first-order valence-electron chi connectivity index (χ1n) is 9.50. The molecule has 0 nitrogen and oxygen atoms in total. The van der Waals surface area contributed by atoms with Gasteiger partial charge in [-0.1, -0.05) is 61.3 Å². The molecule has 0 spiro atoms. The van der Waals surface area contributed by atoms with Gasteiger partial charge in [0.25, 0.3) is 0 Å². The molecule has 0 atom stereocenters. The standard InChI is InChI=1S/C20H33PS/c1-14(2)19-13-18(20(22-19)15(3)4)21(16-9-5-6-10-16)17-11-7-8-12-17/h13-17H,5-12H2,1-4H3. The van der Waals surface area contributed by atoms with Gasteiger partial charge in [-0.15, -0.1) is 11.3 Å². The average Bonchev–Trinajstić information content (AvgIpc) is 3.21. The minimum atomic E-state index is 0.0952. The normalized spacial score (nSPS) is 21.0. The highest BCUT2D eigenvalue weighted by Gasteiger charge is 2.36. The lowest BCUT2D eigenvalue weighted by atomic mass is 10.1. The molecule has 0 N–H and O–H groups in total. The molecule has 0 bridgehead atoms. The second-order valence-corrected chi connectivity index (χ2v) is 11.9. The Bertz CT molecular complexity index is 460. The Balaban J connectivity index is 1.98. The molecule has 0 unspecified atom stereocenters. The summed E-state index contributed by atoms with van der Waals surface area (Å²) in [7, 11) is 0.0952. The van der Waals surface area contributed by atoms with Crippen molar-refractivity contribution < 1.29 is 0 Å². The summed E-state index contributed by atoms with van der Waals surface area (Å²) >= 11 is 2.14. The van der Waals surface area contributed by atoms with Crippen molar-refractivity contribution in [3.8, 4) is 0 Å². The van der Waals surface area contributed by atoms with Gasteiger partial charge in [0, 0.05) is 9.75 Å². The summed E-state index contributed by atoms with van der Waals surface area (Å²) in [5, 5.41) is 1.84. The first kappa shape index (κ1) is 17.0. The molecule has 124 valence electrons. The Labute approximate surface area is 142 Å². The van der Waals surface area contributed by atoms with E-state index in [1.807, 2.05) is 5.30 Å². The molecule has 2 heteroatoms. The van der Waals surface area contributed by atoms with E-state index in [1.165, 1.54) is 51.4 Å². The van der Waals surface area contributed by atoms with Gasteiger partial charge in [0.2, 0.25) is 0 Å². The SMILES string of the molecule is CC(C)c1cc(P(C2CCCC2)C2CCCC2)c(C(C)C)s1. The predicted molar refractivity (Wildman–Crippen MR) is 104 cm³/mol. The van der Waals surface area contributed by atoms with Crippen LogP contribution in [-0.2, 0) is 0 Å². The molecule has 1 aromatic heterocycles. The van der Waals surface area contributed by atoms with Crippen molar-refractivity contribution in [3.63, 3.8) is 0 Å². The molecule has 22 heavy (non-hydrogen) atoms. The van der Waals surface area contributed by atoms with Gasteiger partial charge in [-0.3, -0.25) is 0 Å². The van der Waals surface area contributed by atoms with E-state index in [4.69, 9.17) is 0 Å². The van der Waals surface area contributed by atoms with Gasteiger partial charge < -0.3 is 0 Å². The maximum absolute atomic E-state index is 2.66. The van der Waals surface area contributed by atoms with Gasteiger partial charge in [-0.2, -0.15) is 0 Å². The van der Waals surface area contributed by atoms with E-state index in [0.717, 1.165) is 11.3 Å². The molecule has 2 fully saturated rings. The fourth-order valence-corrected chi connectivity index (χ4v) is 10.0. The van der Waals surface area contributed by atoms with E-state index in [9.17, 15) is 0 Å². The van der Waals surface area contributed by atoms with E-state index in [-0.39, 0.29) is 7.92 Å². The summed E-state index contributed by atoms with van der Waals surface area (Å²) in [6.45, 7) is 9.56. The Morgan fingerprint density at radius 1 is 0.864 bits per heavy atom. The number of hydrogen-bond donors (Lipinski definition) is 0. The van der Waals surface area contributed by atoms with E-state index < -0.39 is 0 Å². The number of thiophene rings is 1. The van der Waals surface area contributed by atoms with Crippen LogP contribution in [0.3, 0.4) is 0 Å². The lowest BCUT2D eigenvalue weighted by Crippen LogP contribution is -2.20. The molecule has 2 aliphatic carbocycles. The summed E-state index contributed by atoms with van der Waals surface area (Å²) < 4.78 is 0.